The number of hydrogen-bond donors (Lipinski definition) is 1. The van der Waals surface area contributed by atoms with E-state index in [0.717, 1.165) is 37.9 Å². The molecule has 2 aliphatic rings. The van der Waals surface area contributed by atoms with E-state index in [4.69, 9.17) is 4.74 Å². The first-order chi connectivity index (χ1) is 10.5. The van der Waals surface area contributed by atoms with Gasteiger partial charge in [-0.1, -0.05) is 18.2 Å². The molecular formula is C16H19F3N2O. The third kappa shape index (κ3) is 3.61. The van der Waals surface area contributed by atoms with Gasteiger partial charge in [-0.05, 0) is 31.0 Å². The summed E-state index contributed by atoms with van der Waals surface area (Å²) in [4.78, 5) is 4.44. The van der Waals surface area contributed by atoms with Gasteiger partial charge in [-0.3, -0.25) is 4.99 Å². The van der Waals surface area contributed by atoms with E-state index < -0.39 is 11.7 Å². The van der Waals surface area contributed by atoms with Crippen LogP contribution in [0.15, 0.2) is 29.3 Å². The lowest BCUT2D eigenvalue weighted by Gasteiger charge is -2.23. The molecule has 1 N–H and O–H groups in total. The lowest BCUT2D eigenvalue weighted by atomic mass is 10.00. The highest BCUT2D eigenvalue weighted by Crippen LogP contribution is 2.30. The number of hydrogen-bond acceptors (Lipinski definition) is 3. The lowest BCUT2D eigenvalue weighted by molar-refractivity contribution is -0.137. The molecule has 1 aromatic rings. The first-order valence-electron chi connectivity index (χ1n) is 7.60. The van der Waals surface area contributed by atoms with E-state index in [-0.39, 0.29) is 6.10 Å². The fourth-order valence-corrected chi connectivity index (χ4v) is 2.97. The molecule has 6 heteroatoms. The van der Waals surface area contributed by atoms with E-state index in [0.29, 0.717) is 24.4 Å². The highest BCUT2D eigenvalue weighted by Gasteiger charge is 2.31. The number of benzene rings is 1. The number of nitrogens with zero attached hydrogens (tertiary/aromatic N) is 1. The smallest absolute Gasteiger partial charge is 0.416 e. The minimum absolute atomic E-state index is 0.152. The summed E-state index contributed by atoms with van der Waals surface area (Å²) in [6.45, 7) is 2.43. The molecule has 1 fully saturated rings. The molecule has 2 heterocycles. The Labute approximate surface area is 127 Å². The highest BCUT2D eigenvalue weighted by molar-refractivity contribution is 5.80. The number of ether oxygens (including phenoxy) is 1. The van der Waals surface area contributed by atoms with Gasteiger partial charge in [-0.25, -0.2) is 0 Å². The average Bonchev–Trinajstić information content (AvgIpc) is 2.96. The molecule has 0 radical (unpaired) electrons. The van der Waals surface area contributed by atoms with Crippen LogP contribution in [-0.4, -0.2) is 31.6 Å². The fourth-order valence-electron chi connectivity index (χ4n) is 2.97. The van der Waals surface area contributed by atoms with Crippen LogP contribution >= 0.6 is 0 Å². The van der Waals surface area contributed by atoms with Crippen LogP contribution in [0.25, 0.3) is 0 Å². The van der Waals surface area contributed by atoms with E-state index in [2.05, 4.69) is 10.3 Å². The van der Waals surface area contributed by atoms with Crippen molar-refractivity contribution >= 4 is 5.90 Å². The van der Waals surface area contributed by atoms with Gasteiger partial charge in [0.2, 0.25) is 0 Å². The molecule has 0 aliphatic carbocycles. The zero-order chi connectivity index (χ0) is 15.6. The number of aliphatic imine (C=N–C) groups is 1. The van der Waals surface area contributed by atoms with Gasteiger partial charge in [0.25, 0.3) is 0 Å². The fraction of sp³-hybridized carbons (Fsp3) is 0.562. The van der Waals surface area contributed by atoms with Crippen LogP contribution in [0.4, 0.5) is 13.2 Å². The van der Waals surface area contributed by atoms with Gasteiger partial charge in [0, 0.05) is 18.9 Å². The first kappa shape index (κ1) is 15.3. The summed E-state index contributed by atoms with van der Waals surface area (Å²) in [5.41, 5.74) is 0.0265. The zero-order valence-corrected chi connectivity index (χ0v) is 12.2. The topological polar surface area (TPSA) is 33.6 Å². The van der Waals surface area contributed by atoms with Gasteiger partial charge >= 0.3 is 6.18 Å². The van der Waals surface area contributed by atoms with Crippen molar-refractivity contribution in [1.82, 2.24) is 5.32 Å². The van der Waals surface area contributed by atoms with Gasteiger partial charge < -0.3 is 10.1 Å². The Morgan fingerprint density at radius 1 is 1.32 bits per heavy atom. The van der Waals surface area contributed by atoms with Gasteiger partial charge in [0.1, 0.15) is 6.10 Å². The van der Waals surface area contributed by atoms with Crippen molar-refractivity contribution in [2.24, 2.45) is 10.9 Å². The summed E-state index contributed by atoms with van der Waals surface area (Å²) in [5, 5.41) is 3.31. The first-order valence-corrected chi connectivity index (χ1v) is 7.60. The number of alkyl halides is 3. The Morgan fingerprint density at radius 2 is 2.18 bits per heavy atom. The van der Waals surface area contributed by atoms with Crippen LogP contribution in [0.5, 0.6) is 0 Å². The molecule has 2 aliphatic heterocycles. The lowest BCUT2D eigenvalue weighted by Crippen LogP contribution is -2.35. The molecule has 0 bridgehead atoms. The molecular weight excluding hydrogens is 293 g/mol. The second-order valence-corrected chi connectivity index (χ2v) is 5.86. The molecule has 2 unspecified atom stereocenters. The Balaban J connectivity index is 1.59. The van der Waals surface area contributed by atoms with Crippen LogP contribution in [0, 0.1) is 5.92 Å². The van der Waals surface area contributed by atoms with Crippen molar-refractivity contribution in [3.8, 4) is 0 Å². The molecule has 2 atom stereocenters. The standard InChI is InChI=1S/C16H19F3N2O/c17-16(18,19)13-5-1-3-11(7-13)8-14-10-21-15(22-14)12-4-2-6-20-9-12/h1,3,5,7,12,14,20H,2,4,6,8-10H2. The van der Waals surface area contributed by atoms with Crippen LogP contribution in [0.1, 0.15) is 24.0 Å². The number of rotatable bonds is 3. The van der Waals surface area contributed by atoms with Crippen molar-refractivity contribution in [2.75, 3.05) is 19.6 Å². The van der Waals surface area contributed by atoms with Crippen LogP contribution < -0.4 is 5.32 Å². The van der Waals surface area contributed by atoms with Gasteiger partial charge in [-0.15, -0.1) is 0 Å². The molecule has 3 rings (SSSR count). The maximum Gasteiger partial charge on any atom is 0.416 e. The van der Waals surface area contributed by atoms with Crippen LogP contribution in [0.3, 0.4) is 0 Å². The predicted octanol–water partition coefficient (Wildman–Crippen LogP) is 3.04. The summed E-state index contributed by atoms with van der Waals surface area (Å²) in [6.07, 6.45) is -1.84. The van der Waals surface area contributed by atoms with E-state index in [1.807, 2.05) is 0 Å². The third-order valence-electron chi connectivity index (χ3n) is 4.10. The largest absolute Gasteiger partial charge is 0.475 e. The normalized spacial score (nSPS) is 25.7. The molecule has 1 aromatic carbocycles. The quantitative estimate of drug-likeness (QED) is 0.931. The molecule has 22 heavy (non-hydrogen) atoms. The van der Waals surface area contributed by atoms with E-state index in [9.17, 15) is 13.2 Å². The monoisotopic (exact) mass is 312 g/mol. The van der Waals surface area contributed by atoms with Crippen LogP contribution in [-0.2, 0) is 17.3 Å². The summed E-state index contributed by atoms with van der Waals surface area (Å²) in [7, 11) is 0. The third-order valence-corrected chi connectivity index (χ3v) is 4.10. The number of piperidine rings is 1. The second kappa shape index (κ2) is 6.28. The minimum Gasteiger partial charge on any atom is -0.475 e. The zero-order valence-electron chi connectivity index (χ0n) is 12.2. The SMILES string of the molecule is FC(F)(F)c1cccc(CC2CN=C(C3CCCNC3)O2)c1. The molecule has 0 aromatic heterocycles. The van der Waals surface area contributed by atoms with Crippen molar-refractivity contribution in [3.05, 3.63) is 35.4 Å². The summed E-state index contributed by atoms with van der Waals surface area (Å²) in [6, 6.07) is 5.44. The van der Waals surface area contributed by atoms with Crippen molar-refractivity contribution in [1.29, 1.82) is 0 Å². The molecule has 0 spiro atoms. The van der Waals surface area contributed by atoms with E-state index in [1.54, 1.807) is 6.07 Å². The van der Waals surface area contributed by atoms with Crippen LogP contribution in [0.2, 0.25) is 0 Å². The Hall–Kier alpha value is -1.56. The average molecular weight is 312 g/mol. The van der Waals surface area contributed by atoms with Crippen molar-refractivity contribution in [3.63, 3.8) is 0 Å². The van der Waals surface area contributed by atoms with Crippen molar-refractivity contribution < 1.29 is 17.9 Å². The minimum atomic E-state index is -4.30. The number of halogens is 3. The molecule has 3 nitrogen and oxygen atoms in total. The van der Waals surface area contributed by atoms with Gasteiger partial charge in [0.05, 0.1) is 12.1 Å². The Kier molecular flexibility index (Phi) is 4.38. The molecule has 0 saturated carbocycles. The molecule has 0 amide bonds. The van der Waals surface area contributed by atoms with Gasteiger partial charge in [0.15, 0.2) is 5.90 Å². The van der Waals surface area contributed by atoms with E-state index in [1.165, 1.54) is 12.1 Å². The predicted molar refractivity (Wildman–Crippen MR) is 77.9 cm³/mol. The molecule has 120 valence electrons. The number of nitrogens with one attached hydrogen (secondary N) is 1. The van der Waals surface area contributed by atoms with Gasteiger partial charge in [-0.2, -0.15) is 13.2 Å². The maximum absolute atomic E-state index is 12.7. The molecule has 1 saturated heterocycles. The maximum atomic E-state index is 12.7. The highest BCUT2D eigenvalue weighted by atomic mass is 19.4. The summed E-state index contributed by atoms with van der Waals surface area (Å²) < 4.78 is 44.0. The van der Waals surface area contributed by atoms with E-state index >= 15 is 0 Å². The van der Waals surface area contributed by atoms with Crippen molar-refractivity contribution in [2.45, 2.75) is 31.5 Å². The Bertz CT molecular complexity index is 551. The Morgan fingerprint density at radius 3 is 2.91 bits per heavy atom. The summed E-state index contributed by atoms with van der Waals surface area (Å²) >= 11 is 0. The summed E-state index contributed by atoms with van der Waals surface area (Å²) in [5.74, 6) is 1.07. The second-order valence-electron chi connectivity index (χ2n) is 5.86.